The first-order valence-electron chi connectivity index (χ1n) is 13.9. The number of nitrogens with zero attached hydrogens (tertiary/aromatic N) is 3. The number of anilines is 1. The van der Waals surface area contributed by atoms with Crippen LogP contribution in [0.25, 0.3) is 11.4 Å². The number of hydrogen-bond donors (Lipinski definition) is 2. The predicted octanol–water partition coefficient (Wildman–Crippen LogP) is 4.64. The molecule has 11 nitrogen and oxygen atoms in total. The van der Waals surface area contributed by atoms with Crippen molar-refractivity contribution in [2.45, 2.75) is 45.8 Å². The van der Waals surface area contributed by atoms with Crippen molar-refractivity contribution >= 4 is 48.2 Å². The number of rotatable bonds is 13. The standard InChI is InChI=1S/C32H33N5O6.2ClH/c1-3-4-15-24(18-35-27(39)20-37-30(23-13-9-6-10-14-23)36-19-25(33)32(37)41)43-31-28(26(16-17-34-31)42-21(2)38)29(40)22-11-7-5-8-12-22;;/h5-14,16-17,19,24H,3-4,15,18,20,33H2,1-2H3,(H,35,39);2*1H. The van der Waals surface area contributed by atoms with Crippen LogP contribution in [-0.2, 0) is 16.1 Å². The number of amides is 1. The number of ketones is 1. The van der Waals surface area contributed by atoms with Crippen LogP contribution in [0.2, 0.25) is 0 Å². The topological polar surface area (TPSA) is 156 Å². The molecule has 1 atom stereocenters. The van der Waals surface area contributed by atoms with Gasteiger partial charge in [-0.15, -0.1) is 24.8 Å². The molecule has 0 saturated heterocycles. The van der Waals surface area contributed by atoms with Crippen LogP contribution in [-0.4, -0.2) is 44.8 Å². The molecule has 0 fully saturated rings. The Kier molecular flexibility index (Phi) is 14.2. The summed E-state index contributed by atoms with van der Waals surface area (Å²) in [5, 5.41) is 2.82. The number of esters is 1. The Hall–Kier alpha value is -4.74. The highest BCUT2D eigenvalue weighted by Crippen LogP contribution is 2.30. The summed E-state index contributed by atoms with van der Waals surface area (Å²) in [6.45, 7) is 2.99. The van der Waals surface area contributed by atoms with E-state index in [0.29, 0.717) is 23.4 Å². The lowest BCUT2D eigenvalue weighted by molar-refractivity contribution is -0.132. The van der Waals surface area contributed by atoms with Crippen LogP contribution >= 0.6 is 24.8 Å². The third kappa shape index (κ3) is 9.62. The fraction of sp³-hybridized carbons (Fsp3) is 0.250. The molecule has 1 amide bonds. The zero-order valence-electron chi connectivity index (χ0n) is 24.8. The fourth-order valence-corrected chi connectivity index (χ4v) is 4.39. The number of nitrogens with two attached hydrogens (primary N) is 1. The largest absolute Gasteiger partial charge is 0.472 e. The third-order valence-electron chi connectivity index (χ3n) is 6.49. The number of hydrogen-bond acceptors (Lipinski definition) is 9. The molecule has 238 valence electrons. The number of carbonyl (C=O) groups is 3. The van der Waals surface area contributed by atoms with Crippen LogP contribution < -0.4 is 26.1 Å². The van der Waals surface area contributed by atoms with E-state index in [0.717, 1.165) is 12.8 Å². The maximum Gasteiger partial charge on any atom is 0.308 e. The molecular formula is C32H35Cl2N5O6. The Bertz CT molecular complexity index is 1650. The van der Waals surface area contributed by atoms with Crippen LogP contribution in [0.4, 0.5) is 5.69 Å². The summed E-state index contributed by atoms with van der Waals surface area (Å²) < 4.78 is 12.8. The minimum atomic E-state index is -0.602. The van der Waals surface area contributed by atoms with Gasteiger partial charge >= 0.3 is 5.97 Å². The fourth-order valence-electron chi connectivity index (χ4n) is 4.39. The summed E-state index contributed by atoms with van der Waals surface area (Å²) in [7, 11) is 0. The number of pyridine rings is 1. The highest BCUT2D eigenvalue weighted by atomic mass is 35.5. The van der Waals surface area contributed by atoms with Gasteiger partial charge in [0.2, 0.25) is 17.6 Å². The zero-order chi connectivity index (χ0) is 30.8. The Morgan fingerprint density at radius 3 is 2.29 bits per heavy atom. The number of aromatic nitrogens is 3. The molecule has 0 aliphatic carbocycles. The molecule has 0 bridgehead atoms. The molecule has 0 aliphatic heterocycles. The van der Waals surface area contributed by atoms with Crippen molar-refractivity contribution in [2.75, 3.05) is 12.3 Å². The van der Waals surface area contributed by atoms with Crippen LogP contribution in [0.1, 0.15) is 49.0 Å². The van der Waals surface area contributed by atoms with Gasteiger partial charge in [0, 0.05) is 30.3 Å². The minimum absolute atomic E-state index is 0. The van der Waals surface area contributed by atoms with Crippen molar-refractivity contribution in [1.29, 1.82) is 0 Å². The van der Waals surface area contributed by atoms with E-state index in [1.807, 2.05) is 13.0 Å². The zero-order valence-corrected chi connectivity index (χ0v) is 26.4. The van der Waals surface area contributed by atoms with Gasteiger partial charge in [-0.05, 0) is 12.8 Å². The van der Waals surface area contributed by atoms with Gasteiger partial charge in [-0.2, -0.15) is 0 Å². The lowest BCUT2D eigenvalue weighted by Crippen LogP contribution is -2.39. The van der Waals surface area contributed by atoms with E-state index in [-0.39, 0.29) is 60.8 Å². The SMILES string of the molecule is CCCCC(CNC(=O)Cn1c(-c2ccccc2)ncc(N)c1=O)Oc1nccc(OC(C)=O)c1C(=O)c1ccccc1.Cl.Cl. The molecule has 0 saturated carbocycles. The first-order valence-corrected chi connectivity index (χ1v) is 13.9. The van der Waals surface area contributed by atoms with Crippen molar-refractivity contribution in [3.05, 3.63) is 101 Å². The van der Waals surface area contributed by atoms with Crippen LogP contribution in [0.15, 0.2) is 83.9 Å². The van der Waals surface area contributed by atoms with E-state index in [1.165, 1.54) is 30.0 Å². The Morgan fingerprint density at radius 2 is 1.64 bits per heavy atom. The molecule has 0 spiro atoms. The van der Waals surface area contributed by atoms with Crippen molar-refractivity contribution in [1.82, 2.24) is 19.9 Å². The minimum Gasteiger partial charge on any atom is -0.472 e. The average molecular weight is 657 g/mol. The van der Waals surface area contributed by atoms with Gasteiger partial charge in [-0.1, -0.05) is 74.0 Å². The first kappa shape index (κ1) is 36.5. The van der Waals surface area contributed by atoms with Gasteiger partial charge in [0.25, 0.3) is 5.56 Å². The lowest BCUT2D eigenvalue weighted by Gasteiger charge is -2.21. The summed E-state index contributed by atoms with van der Waals surface area (Å²) >= 11 is 0. The van der Waals surface area contributed by atoms with Crippen LogP contribution in [0, 0.1) is 0 Å². The summed E-state index contributed by atoms with van der Waals surface area (Å²) in [6, 6.07) is 18.9. The monoisotopic (exact) mass is 655 g/mol. The van der Waals surface area contributed by atoms with Crippen LogP contribution in [0.5, 0.6) is 11.6 Å². The van der Waals surface area contributed by atoms with Gasteiger partial charge in [-0.25, -0.2) is 9.97 Å². The molecule has 3 N–H and O–H groups in total. The number of ether oxygens (including phenoxy) is 2. The lowest BCUT2D eigenvalue weighted by atomic mass is 10.0. The molecule has 4 aromatic rings. The number of unbranched alkanes of at least 4 members (excludes halogenated alkanes) is 1. The van der Waals surface area contributed by atoms with Gasteiger partial charge < -0.3 is 20.5 Å². The predicted molar refractivity (Wildman–Crippen MR) is 175 cm³/mol. The van der Waals surface area contributed by atoms with E-state index in [9.17, 15) is 19.2 Å². The second-order valence-corrected chi connectivity index (χ2v) is 9.76. The van der Waals surface area contributed by atoms with Gasteiger partial charge in [-0.3, -0.25) is 23.7 Å². The molecule has 2 heterocycles. The molecule has 1 unspecified atom stereocenters. The first-order chi connectivity index (χ1) is 20.8. The number of carbonyl (C=O) groups excluding carboxylic acids is 3. The Morgan fingerprint density at radius 1 is 0.978 bits per heavy atom. The summed E-state index contributed by atoms with van der Waals surface area (Å²) in [5.74, 6) is -1.18. The van der Waals surface area contributed by atoms with E-state index in [1.54, 1.807) is 54.6 Å². The Labute approximate surface area is 273 Å². The quantitative estimate of drug-likeness (QED) is 0.155. The van der Waals surface area contributed by atoms with Crippen molar-refractivity contribution in [3.63, 3.8) is 0 Å². The maximum absolute atomic E-state index is 13.5. The van der Waals surface area contributed by atoms with Crippen molar-refractivity contribution in [2.24, 2.45) is 0 Å². The average Bonchev–Trinajstić information content (AvgIpc) is 3.01. The number of halogens is 2. The molecule has 45 heavy (non-hydrogen) atoms. The summed E-state index contributed by atoms with van der Waals surface area (Å²) in [6.07, 6.45) is 4.23. The number of nitrogens with one attached hydrogen (secondary N) is 1. The normalized spacial score (nSPS) is 10.9. The third-order valence-corrected chi connectivity index (χ3v) is 6.49. The molecule has 4 rings (SSSR count). The highest BCUT2D eigenvalue weighted by Gasteiger charge is 2.25. The molecule has 0 aliphatic rings. The van der Waals surface area contributed by atoms with E-state index in [2.05, 4.69) is 15.3 Å². The molecular weight excluding hydrogens is 621 g/mol. The smallest absolute Gasteiger partial charge is 0.308 e. The van der Waals surface area contributed by atoms with Crippen molar-refractivity contribution in [3.8, 4) is 23.0 Å². The second kappa shape index (κ2) is 17.5. The molecule has 2 aromatic heterocycles. The second-order valence-electron chi connectivity index (χ2n) is 9.76. The van der Waals surface area contributed by atoms with E-state index >= 15 is 0 Å². The maximum atomic E-state index is 13.5. The van der Waals surface area contributed by atoms with Crippen molar-refractivity contribution < 1.29 is 23.9 Å². The van der Waals surface area contributed by atoms with E-state index < -0.39 is 29.3 Å². The summed E-state index contributed by atoms with van der Waals surface area (Å²) in [5.41, 5.74) is 6.23. The molecule has 13 heteroatoms. The summed E-state index contributed by atoms with van der Waals surface area (Å²) in [4.78, 5) is 59.9. The number of nitrogen functional groups attached to an aromatic ring is 1. The van der Waals surface area contributed by atoms with Gasteiger partial charge in [0.05, 0.1) is 12.7 Å². The van der Waals surface area contributed by atoms with Crippen LogP contribution in [0.3, 0.4) is 0 Å². The van der Waals surface area contributed by atoms with Gasteiger partial charge in [0.15, 0.2) is 0 Å². The molecule has 2 aromatic carbocycles. The van der Waals surface area contributed by atoms with Gasteiger partial charge in [0.1, 0.15) is 35.5 Å². The number of benzene rings is 2. The Balaban J connectivity index is 0.00000353. The molecule has 0 radical (unpaired) electrons. The van der Waals surface area contributed by atoms with E-state index in [4.69, 9.17) is 15.2 Å². The highest BCUT2D eigenvalue weighted by molar-refractivity contribution is 6.12.